The first kappa shape index (κ1) is 31.8. The zero-order chi connectivity index (χ0) is 31.2. The van der Waals surface area contributed by atoms with Crippen molar-refractivity contribution in [3.8, 4) is 6.07 Å². The van der Waals surface area contributed by atoms with Gasteiger partial charge in [-0.05, 0) is 80.6 Å². The monoisotopic (exact) mass is 591 g/mol. The van der Waals surface area contributed by atoms with E-state index >= 15 is 0 Å². The van der Waals surface area contributed by atoms with E-state index in [0.717, 1.165) is 24.8 Å². The zero-order valence-electron chi connectivity index (χ0n) is 27.2. The van der Waals surface area contributed by atoms with Crippen LogP contribution in [0.1, 0.15) is 84.8 Å². The molecule has 234 valence electrons. The lowest BCUT2D eigenvalue weighted by molar-refractivity contribution is -0.199. The highest BCUT2D eigenvalue weighted by atomic mass is 16.7. The van der Waals surface area contributed by atoms with Gasteiger partial charge in [0.25, 0.3) is 0 Å². The molecule has 1 N–H and O–H groups in total. The summed E-state index contributed by atoms with van der Waals surface area (Å²) < 4.78 is 19.1. The fourth-order valence-corrected chi connectivity index (χ4v) is 8.07. The third-order valence-electron chi connectivity index (χ3n) is 10.7. The zero-order valence-corrected chi connectivity index (χ0v) is 27.2. The lowest BCUT2D eigenvalue weighted by Crippen LogP contribution is -2.65. The van der Waals surface area contributed by atoms with Crippen LogP contribution in [0.4, 0.5) is 4.79 Å². The fraction of sp³-hybridized carbons (Fsp3) is 0.735. The molecule has 1 unspecified atom stereocenters. The van der Waals surface area contributed by atoms with E-state index in [2.05, 4.69) is 63.3 Å². The fourth-order valence-electron chi connectivity index (χ4n) is 8.07. The molecule has 6 rings (SSSR count). The minimum Gasteiger partial charge on any atom is -0.449 e. The number of ether oxygens (including phenoxy) is 1. The minimum absolute atomic E-state index is 0.0221. The Bertz CT molecular complexity index is 1220. The number of piperidine rings is 1. The molecule has 0 spiro atoms. The summed E-state index contributed by atoms with van der Waals surface area (Å²) in [4.78, 5) is 28.1. The number of carbonyl (C=O) groups is 2. The standard InChI is InChI=1S/C34H50BN3O5/c1-22-10-12-23(13-11-22)15-29(35-42-28-17-26-16-27(33(26,5)6)34(28,7)43-35)37-31(40)41-21-24-9-8-14-38(20-24)30(39)25(19-36)18-32(2,3)4/h10-13,24-29H,8-9,14-18,20-21H2,1-7H3,(H,37,40)/t24-,25?,26-,27-,28+,29-,34-/m0/s1. The van der Waals surface area contributed by atoms with Crippen molar-refractivity contribution in [2.24, 2.45) is 34.5 Å². The number of carbonyl (C=O) groups excluding carboxylic acids is 2. The van der Waals surface area contributed by atoms with Gasteiger partial charge in [0.15, 0.2) is 0 Å². The Morgan fingerprint density at radius 1 is 1.21 bits per heavy atom. The third kappa shape index (κ3) is 6.76. The highest BCUT2D eigenvalue weighted by molar-refractivity contribution is 6.47. The third-order valence-corrected chi connectivity index (χ3v) is 10.7. The molecule has 5 aliphatic rings. The summed E-state index contributed by atoms with van der Waals surface area (Å²) in [5, 5.41) is 12.7. The van der Waals surface area contributed by atoms with E-state index in [-0.39, 0.29) is 41.0 Å². The number of alkyl carbamates (subject to hydrolysis) is 1. The molecule has 9 heteroatoms. The van der Waals surface area contributed by atoms with Gasteiger partial charge in [0.05, 0.1) is 30.3 Å². The smallest absolute Gasteiger partial charge is 0.449 e. The molecule has 2 saturated heterocycles. The quantitative estimate of drug-likeness (QED) is 0.389. The maximum Gasteiger partial charge on any atom is 0.482 e. The van der Waals surface area contributed by atoms with Gasteiger partial charge in [-0.2, -0.15) is 5.26 Å². The molecule has 7 atom stereocenters. The lowest BCUT2D eigenvalue weighted by Gasteiger charge is -2.64. The Hall–Kier alpha value is -2.57. The van der Waals surface area contributed by atoms with Crippen LogP contribution in [0.3, 0.4) is 0 Å². The molecule has 8 nitrogen and oxygen atoms in total. The number of likely N-dealkylation sites (tertiary alicyclic amines) is 1. The van der Waals surface area contributed by atoms with E-state index in [4.69, 9.17) is 14.0 Å². The number of nitriles is 1. The van der Waals surface area contributed by atoms with Gasteiger partial charge in [-0.15, -0.1) is 0 Å². The van der Waals surface area contributed by atoms with Gasteiger partial charge in [-0.3, -0.25) is 4.79 Å². The van der Waals surface area contributed by atoms with Crippen LogP contribution in [0, 0.1) is 52.8 Å². The predicted octanol–water partition coefficient (Wildman–Crippen LogP) is 5.71. The molecule has 2 aliphatic heterocycles. The summed E-state index contributed by atoms with van der Waals surface area (Å²) in [5.41, 5.74) is 2.03. The van der Waals surface area contributed by atoms with E-state index in [0.29, 0.717) is 37.8 Å². The first-order chi connectivity index (χ1) is 20.2. The van der Waals surface area contributed by atoms with Crippen LogP contribution in [-0.4, -0.2) is 61.4 Å². The van der Waals surface area contributed by atoms with Crippen molar-refractivity contribution < 1.29 is 23.6 Å². The number of rotatable bonds is 8. The van der Waals surface area contributed by atoms with E-state index in [9.17, 15) is 14.9 Å². The average molecular weight is 592 g/mol. The molecule has 1 aromatic carbocycles. The largest absolute Gasteiger partial charge is 0.482 e. The second-order valence-electron chi connectivity index (χ2n) is 15.6. The molecule has 43 heavy (non-hydrogen) atoms. The van der Waals surface area contributed by atoms with E-state index < -0.39 is 25.1 Å². The Morgan fingerprint density at radius 3 is 2.58 bits per heavy atom. The van der Waals surface area contributed by atoms with Crippen LogP contribution in [-0.2, 0) is 25.3 Å². The Kier molecular flexibility index (Phi) is 8.95. The highest BCUT2D eigenvalue weighted by Gasteiger charge is 2.68. The van der Waals surface area contributed by atoms with Gasteiger partial charge in [0.1, 0.15) is 5.92 Å². The van der Waals surface area contributed by atoms with Gasteiger partial charge >= 0.3 is 13.2 Å². The number of amides is 2. The van der Waals surface area contributed by atoms with Crippen LogP contribution in [0.2, 0.25) is 0 Å². The number of benzene rings is 1. The minimum atomic E-state index is -0.654. The van der Waals surface area contributed by atoms with Gasteiger partial charge in [0.2, 0.25) is 5.91 Å². The summed E-state index contributed by atoms with van der Waals surface area (Å²) in [6.45, 7) is 16.4. The second-order valence-corrected chi connectivity index (χ2v) is 15.6. The van der Waals surface area contributed by atoms with Crippen molar-refractivity contribution in [3.05, 3.63) is 35.4 Å². The molecule has 5 fully saturated rings. The van der Waals surface area contributed by atoms with Gasteiger partial charge < -0.3 is 24.3 Å². The highest BCUT2D eigenvalue weighted by Crippen LogP contribution is 2.65. The number of nitrogens with zero attached hydrogens (tertiary/aromatic N) is 2. The van der Waals surface area contributed by atoms with Crippen molar-refractivity contribution in [3.63, 3.8) is 0 Å². The summed E-state index contributed by atoms with van der Waals surface area (Å²) >= 11 is 0. The first-order valence-corrected chi connectivity index (χ1v) is 16.2. The molecule has 3 aliphatic carbocycles. The molecule has 0 radical (unpaired) electrons. The number of hydrogen-bond donors (Lipinski definition) is 1. The lowest BCUT2D eigenvalue weighted by atomic mass is 9.43. The second kappa shape index (κ2) is 12.1. The number of aryl methyl sites for hydroxylation is 1. The number of nitrogens with one attached hydrogen (secondary N) is 1. The average Bonchev–Trinajstić information content (AvgIpc) is 3.32. The maximum absolute atomic E-state index is 13.2. The van der Waals surface area contributed by atoms with Crippen molar-refractivity contribution in [1.29, 1.82) is 5.26 Å². The Labute approximate surface area is 258 Å². The predicted molar refractivity (Wildman–Crippen MR) is 166 cm³/mol. The molecule has 2 heterocycles. The molecule has 2 amide bonds. The molecule has 1 aromatic rings. The molecule has 0 aromatic heterocycles. The maximum atomic E-state index is 13.2. The summed E-state index contributed by atoms with van der Waals surface area (Å²) in [7, 11) is -0.562. The molecular weight excluding hydrogens is 541 g/mol. The van der Waals surface area contributed by atoms with Gasteiger partial charge in [-0.1, -0.05) is 64.4 Å². The van der Waals surface area contributed by atoms with Crippen LogP contribution in [0.25, 0.3) is 0 Å². The summed E-state index contributed by atoms with van der Waals surface area (Å²) in [5.74, 6) is -0.0684. The van der Waals surface area contributed by atoms with Crippen LogP contribution in [0.15, 0.2) is 24.3 Å². The topological polar surface area (TPSA) is 101 Å². The van der Waals surface area contributed by atoms with Crippen LogP contribution >= 0.6 is 0 Å². The molecular formula is C34H50BN3O5. The summed E-state index contributed by atoms with van der Waals surface area (Å²) in [6, 6.07) is 10.5. The molecule has 2 bridgehead atoms. The van der Waals surface area contributed by atoms with Crippen molar-refractivity contribution in [1.82, 2.24) is 10.2 Å². The summed E-state index contributed by atoms with van der Waals surface area (Å²) in [6.07, 6.45) is 4.46. The van der Waals surface area contributed by atoms with Crippen molar-refractivity contribution >= 4 is 19.1 Å². The Morgan fingerprint density at radius 2 is 1.93 bits per heavy atom. The van der Waals surface area contributed by atoms with Crippen molar-refractivity contribution in [2.45, 2.75) is 105 Å². The first-order valence-electron chi connectivity index (χ1n) is 16.2. The molecule has 3 saturated carbocycles. The van der Waals surface area contributed by atoms with E-state index in [1.165, 1.54) is 12.0 Å². The van der Waals surface area contributed by atoms with E-state index in [1.807, 2.05) is 20.8 Å². The normalized spacial score (nSPS) is 30.8. The van der Waals surface area contributed by atoms with Gasteiger partial charge in [0, 0.05) is 19.0 Å². The van der Waals surface area contributed by atoms with Gasteiger partial charge in [-0.25, -0.2) is 4.79 Å². The Balaban J connectivity index is 1.21. The van der Waals surface area contributed by atoms with Crippen LogP contribution in [0.5, 0.6) is 0 Å². The van der Waals surface area contributed by atoms with E-state index in [1.54, 1.807) is 4.90 Å². The van der Waals surface area contributed by atoms with Crippen LogP contribution < -0.4 is 5.32 Å². The number of hydrogen-bond acceptors (Lipinski definition) is 6. The SMILES string of the molecule is Cc1ccc(C[C@H](NC(=O)OC[C@H]2CCCN(C(=O)C(C#N)CC(C)(C)C)C2)B2O[C@@H]3C[C@@H]4C[C@@H](C4(C)C)[C@]3(C)O2)cc1. The van der Waals surface area contributed by atoms with Crippen molar-refractivity contribution in [2.75, 3.05) is 19.7 Å².